The van der Waals surface area contributed by atoms with Crippen LogP contribution in [-0.4, -0.2) is 6.67 Å². The van der Waals surface area contributed by atoms with Crippen LogP contribution < -0.4 is 0 Å². The Morgan fingerprint density at radius 1 is 1.38 bits per heavy atom. The predicted molar refractivity (Wildman–Crippen MR) is 34.6 cm³/mol. The van der Waals surface area contributed by atoms with E-state index in [1.807, 2.05) is 6.92 Å². The fraction of sp³-hybridized carbons (Fsp3) is 1.00. The Morgan fingerprint density at radius 3 is 1.75 bits per heavy atom. The van der Waals surface area contributed by atoms with Gasteiger partial charge < -0.3 is 0 Å². The lowest BCUT2D eigenvalue weighted by atomic mass is 9.83. The van der Waals surface area contributed by atoms with Gasteiger partial charge in [0.1, 0.15) is 0 Å². The van der Waals surface area contributed by atoms with Crippen LogP contribution in [0.1, 0.15) is 27.7 Å². The monoisotopic (exact) mass is 118 g/mol. The molecule has 0 aliphatic rings. The Kier molecular flexibility index (Phi) is 2.45. The Morgan fingerprint density at radius 2 is 1.75 bits per heavy atom. The summed E-state index contributed by atoms with van der Waals surface area (Å²) in [6.45, 7) is 7.88. The fourth-order valence-corrected chi connectivity index (χ4v) is 0.231. The van der Waals surface area contributed by atoms with Crippen molar-refractivity contribution in [2.45, 2.75) is 27.7 Å². The van der Waals surface area contributed by atoms with Gasteiger partial charge >= 0.3 is 0 Å². The summed E-state index contributed by atoms with van der Waals surface area (Å²) in [6.07, 6.45) is 0. The second-order valence-electron chi connectivity index (χ2n) is 3.42. The molecule has 0 spiro atoms. The second kappa shape index (κ2) is 2.47. The van der Waals surface area contributed by atoms with E-state index in [2.05, 4.69) is 20.8 Å². The van der Waals surface area contributed by atoms with Crippen LogP contribution in [0, 0.1) is 11.3 Å². The normalized spacial score (nSPS) is 16.1. The lowest BCUT2D eigenvalue weighted by molar-refractivity contribution is 0.210. The van der Waals surface area contributed by atoms with Crippen molar-refractivity contribution >= 4 is 0 Å². The lowest BCUT2D eigenvalue weighted by Crippen LogP contribution is -2.18. The predicted octanol–water partition coefficient (Wildman–Crippen LogP) is 2.64. The van der Waals surface area contributed by atoms with Crippen molar-refractivity contribution in [3.8, 4) is 0 Å². The van der Waals surface area contributed by atoms with E-state index in [1.165, 1.54) is 0 Å². The molecular formula is C7H15F. The summed E-state index contributed by atoms with van der Waals surface area (Å²) in [5.41, 5.74) is 0.134. The molecule has 0 amide bonds. The average molecular weight is 118 g/mol. The quantitative estimate of drug-likeness (QED) is 0.496. The van der Waals surface area contributed by atoms with Crippen LogP contribution in [0.5, 0.6) is 0 Å². The van der Waals surface area contributed by atoms with Crippen LogP contribution in [0.4, 0.5) is 4.39 Å². The smallest absolute Gasteiger partial charge is 0.0924 e. The van der Waals surface area contributed by atoms with Gasteiger partial charge in [-0.25, -0.2) is 0 Å². The maximum atomic E-state index is 11.9. The minimum atomic E-state index is -0.205. The zero-order valence-electron chi connectivity index (χ0n) is 6.16. The van der Waals surface area contributed by atoms with Gasteiger partial charge in [0.25, 0.3) is 0 Å². The van der Waals surface area contributed by atoms with Gasteiger partial charge in [0.05, 0.1) is 6.67 Å². The standard InChI is InChI=1S/C7H15F/c1-6(5-8)7(2,3)4/h6H,5H2,1-4H3/t6-/m0/s1. The van der Waals surface area contributed by atoms with Crippen LogP contribution in [0.3, 0.4) is 0 Å². The maximum absolute atomic E-state index is 11.9. The first kappa shape index (κ1) is 7.93. The highest BCUT2D eigenvalue weighted by Crippen LogP contribution is 2.24. The molecule has 1 atom stereocenters. The molecule has 0 aromatic rings. The minimum absolute atomic E-state index is 0.134. The number of rotatable bonds is 1. The molecular weight excluding hydrogens is 103 g/mol. The first-order valence-electron chi connectivity index (χ1n) is 3.04. The van der Waals surface area contributed by atoms with Gasteiger partial charge in [0, 0.05) is 0 Å². The third-order valence-corrected chi connectivity index (χ3v) is 1.71. The number of hydrogen-bond acceptors (Lipinski definition) is 0. The highest BCUT2D eigenvalue weighted by atomic mass is 19.1. The molecule has 0 heterocycles. The molecule has 0 aliphatic carbocycles. The summed E-state index contributed by atoms with van der Waals surface area (Å²) in [5, 5.41) is 0. The summed E-state index contributed by atoms with van der Waals surface area (Å²) in [6, 6.07) is 0. The first-order valence-corrected chi connectivity index (χ1v) is 3.04. The largest absolute Gasteiger partial charge is 0.251 e. The van der Waals surface area contributed by atoms with Gasteiger partial charge in [0.15, 0.2) is 0 Å². The van der Waals surface area contributed by atoms with Crippen molar-refractivity contribution in [2.75, 3.05) is 6.67 Å². The Labute approximate surface area is 51.1 Å². The molecule has 0 rings (SSSR count). The molecule has 0 nitrogen and oxygen atoms in total. The summed E-state index contributed by atoms with van der Waals surface area (Å²) in [4.78, 5) is 0. The highest BCUT2D eigenvalue weighted by Gasteiger charge is 2.18. The van der Waals surface area contributed by atoms with E-state index >= 15 is 0 Å². The van der Waals surface area contributed by atoms with Crippen LogP contribution in [0.2, 0.25) is 0 Å². The molecule has 8 heavy (non-hydrogen) atoms. The third kappa shape index (κ3) is 2.29. The molecule has 0 aliphatic heterocycles. The van der Waals surface area contributed by atoms with E-state index in [0.29, 0.717) is 0 Å². The Balaban J connectivity index is 3.62. The third-order valence-electron chi connectivity index (χ3n) is 1.71. The molecule has 0 aromatic heterocycles. The zero-order chi connectivity index (χ0) is 6.78. The van der Waals surface area contributed by atoms with E-state index in [4.69, 9.17) is 0 Å². The van der Waals surface area contributed by atoms with Crippen molar-refractivity contribution in [1.29, 1.82) is 0 Å². The Bertz CT molecular complexity index is 61.3. The van der Waals surface area contributed by atoms with Gasteiger partial charge in [-0.1, -0.05) is 27.7 Å². The first-order chi connectivity index (χ1) is 3.48. The van der Waals surface area contributed by atoms with Crippen molar-refractivity contribution in [3.63, 3.8) is 0 Å². The summed E-state index contributed by atoms with van der Waals surface area (Å²) < 4.78 is 11.9. The molecule has 0 fully saturated rings. The molecule has 50 valence electrons. The SMILES string of the molecule is C[C@@H](CF)C(C)(C)C. The zero-order valence-corrected chi connectivity index (χ0v) is 6.16. The summed E-state index contributed by atoms with van der Waals surface area (Å²) in [7, 11) is 0. The molecule has 0 aromatic carbocycles. The van der Waals surface area contributed by atoms with Crippen LogP contribution in [-0.2, 0) is 0 Å². The minimum Gasteiger partial charge on any atom is -0.251 e. The topological polar surface area (TPSA) is 0 Å². The van der Waals surface area contributed by atoms with Crippen molar-refractivity contribution in [3.05, 3.63) is 0 Å². The molecule has 1 heteroatoms. The van der Waals surface area contributed by atoms with E-state index in [-0.39, 0.29) is 18.0 Å². The number of hydrogen-bond donors (Lipinski definition) is 0. The number of halogens is 1. The molecule has 0 saturated heterocycles. The highest BCUT2D eigenvalue weighted by molar-refractivity contribution is 4.68. The van der Waals surface area contributed by atoms with E-state index in [0.717, 1.165) is 0 Å². The maximum Gasteiger partial charge on any atom is 0.0924 e. The van der Waals surface area contributed by atoms with E-state index < -0.39 is 0 Å². The molecule has 0 N–H and O–H groups in total. The average Bonchev–Trinajstić information content (AvgIpc) is 1.62. The van der Waals surface area contributed by atoms with Crippen molar-refractivity contribution in [1.82, 2.24) is 0 Å². The van der Waals surface area contributed by atoms with Gasteiger partial charge in [-0.15, -0.1) is 0 Å². The molecule has 0 saturated carbocycles. The van der Waals surface area contributed by atoms with Gasteiger partial charge in [-0.2, -0.15) is 0 Å². The Hall–Kier alpha value is -0.0700. The molecule has 0 radical (unpaired) electrons. The van der Waals surface area contributed by atoms with Crippen LogP contribution >= 0.6 is 0 Å². The van der Waals surface area contributed by atoms with Crippen LogP contribution in [0.25, 0.3) is 0 Å². The van der Waals surface area contributed by atoms with E-state index in [1.54, 1.807) is 0 Å². The van der Waals surface area contributed by atoms with E-state index in [9.17, 15) is 4.39 Å². The summed E-state index contributed by atoms with van der Waals surface area (Å²) >= 11 is 0. The van der Waals surface area contributed by atoms with Crippen molar-refractivity contribution < 1.29 is 4.39 Å². The molecule has 0 unspecified atom stereocenters. The lowest BCUT2D eigenvalue weighted by Gasteiger charge is -2.23. The summed E-state index contributed by atoms with van der Waals surface area (Å²) in [5.74, 6) is 0.183. The molecule has 0 bridgehead atoms. The fourth-order valence-electron chi connectivity index (χ4n) is 0.231. The van der Waals surface area contributed by atoms with Gasteiger partial charge in [-0.05, 0) is 11.3 Å². The van der Waals surface area contributed by atoms with Gasteiger partial charge in [0.2, 0.25) is 0 Å². The second-order valence-corrected chi connectivity index (χ2v) is 3.42. The van der Waals surface area contributed by atoms with Gasteiger partial charge in [-0.3, -0.25) is 4.39 Å². The van der Waals surface area contributed by atoms with Crippen molar-refractivity contribution in [2.24, 2.45) is 11.3 Å². The van der Waals surface area contributed by atoms with Crippen LogP contribution in [0.15, 0.2) is 0 Å². The number of alkyl halides is 1.